The first kappa shape index (κ1) is 15.3. The molecule has 0 saturated heterocycles. The molecule has 8 heteroatoms. The third-order valence-corrected chi connectivity index (χ3v) is 4.48. The summed E-state index contributed by atoms with van der Waals surface area (Å²) in [7, 11) is -3.35. The largest absolute Gasteiger partial charge is 0.326 e. The minimum atomic E-state index is -3.35. The first-order chi connectivity index (χ1) is 10.00. The van der Waals surface area contributed by atoms with Gasteiger partial charge in [0.25, 0.3) is 0 Å². The molecule has 2 rings (SSSR count). The molecule has 0 aliphatic rings. The lowest BCUT2D eigenvalue weighted by atomic mass is 10.1. The Hall–Kier alpha value is -2.06. The van der Waals surface area contributed by atoms with Gasteiger partial charge in [-0.1, -0.05) is 23.2 Å². The quantitative estimate of drug-likeness (QED) is 0.879. The van der Waals surface area contributed by atoms with Crippen LogP contribution in [0.3, 0.4) is 0 Å². The third kappa shape index (κ3) is 4.47. The summed E-state index contributed by atoms with van der Waals surface area (Å²) >= 11 is 1.26. The number of carbonyl (C=O) groups is 1. The van der Waals surface area contributed by atoms with Gasteiger partial charge in [-0.3, -0.25) is 4.79 Å². The maximum atomic E-state index is 11.7. The molecule has 1 N–H and O–H groups in total. The summed E-state index contributed by atoms with van der Waals surface area (Å²) < 4.78 is 26.2. The number of hydrogen-bond donors (Lipinski definition) is 1. The molecule has 1 amide bonds. The Morgan fingerprint density at radius 3 is 2.62 bits per heavy atom. The van der Waals surface area contributed by atoms with Crippen molar-refractivity contribution >= 4 is 33.0 Å². The highest BCUT2D eigenvalue weighted by Crippen LogP contribution is 2.20. The second kappa shape index (κ2) is 6.59. The first-order valence-electron chi connectivity index (χ1n) is 6.03. The average molecular weight is 323 g/mol. The summed E-state index contributed by atoms with van der Waals surface area (Å²) in [5.41, 5.74) is 2.27. The van der Waals surface area contributed by atoms with E-state index in [-0.39, 0.29) is 18.1 Å². The molecule has 2 aromatic rings. The first-order valence-corrected chi connectivity index (χ1v) is 8.58. The molecule has 21 heavy (non-hydrogen) atoms. The van der Waals surface area contributed by atoms with Gasteiger partial charge in [-0.25, -0.2) is 8.42 Å². The van der Waals surface area contributed by atoms with Crippen molar-refractivity contribution in [3.8, 4) is 11.3 Å². The second-order valence-electron chi connectivity index (χ2n) is 4.20. The summed E-state index contributed by atoms with van der Waals surface area (Å²) in [6, 6.07) is 7.09. The second-order valence-corrected chi connectivity index (χ2v) is 6.88. The number of rotatable bonds is 6. The Kier molecular flexibility index (Phi) is 4.81. The fraction of sp³-hybridized carbons (Fsp3) is 0.154. The van der Waals surface area contributed by atoms with Gasteiger partial charge in [-0.05, 0) is 23.7 Å². The molecule has 1 heterocycles. The predicted molar refractivity (Wildman–Crippen MR) is 82.6 cm³/mol. The number of nitrogens with zero attached hydrogens (tertiary/aromatic N) is 2. The Balaban J connectivity index is 1.94. The van der Waals surface area contributed by atoms with E-state index in [0.717, 1.165) is 16.7 Å². The fourth-order valence-electron chi connectivity index (χ4n) is 1.56. The molecule has 0 saturated carbocycles. The van der Waals surface area contributed by atoms with Gasteiger partial charge in [-0.2, -0.15) is 0 Å². The zero-order valence-electron chi connectivity index (χ0n) is 11.0. The van der Waals surface area contributed by atoms with E-state index in [4.69, 9.17) is 0 Å². The van der Waals surface area contributed by atoms with Gasteiger partial charge in [0, 0.05) is 28.5 Å². The Labute approximate surface area is 126 Å². The van der Waals surface area contributed by atoms with Crippen LogP contribution in [0.1, 0.15) is 6.42 Å². The molecule has 110 valence electrons. The van der Waals surface area contributed by atoms with E-state index in [1.807, 2.05) is 17.5 Å². The molecule has 0 aliphatic heterocycles. The zero-order valence-corrected chi connectivity index (χ0v) is 12.7. The molecule has 1 aromatic heterocycles. The number of carbonyl (C=O) groups excluding carboxylic acids is 1. The number of sulfone groups is 1. The molecular weight excluding hydrogens is 310 g/mol. The van der Waals surface area contributed by atoms with Crippen molar-refractivity contribution in [2.45, 2.75) is 6.42 Å². The molecule has 6 nitrogen and oxygen atoms in total. The summed E-state index contributed by atoms with van der Waals surface area (Å²) in [6.07, 6.45) is -0.105. The predicted octanol–water partition coefficient (Wildman–Crippen LogP) is 2.09. The molecule has 0 fully saturated rings. The van der Waals surface area contributed by atoms with Crippen LogP contribution in [-0.4, -0.2) is 29.7 Å². The number of benzene rings is 1. The highest BCUT2D eigenvalue weighted by molar-refractivity contribution is 7.94. The lowest BCUT2D eigenvalue weighted by molar-refractivity contribution is -0.115. The Morgan fingerprint density at radius 2 is 2.05 bits per heavy atom. The maximum Gasteiger partial charge on any atom is 0.225 e. The summed E-state index contributed by atoms with van der Waals surface area (Å²) in [4.78, 5) is 11.7. The smallest absolute Gasteiger partial charge is 0.225 e. The summed E-state index contributed by atoms with van der Waals surface area (Å²) in [5.74, 6) is -0.603. The lowest BCUT2D eigenvalue weighted by Crippen LogP contribution is -2.16. The zero-order chi connectivity index (χ0) is 15.3. The van der Waals surface area contributed by atoms with E-state index < -0.39 is 9.84 Å². The van der Waals surface area contributed by atoms with Crippen LogP contribution < -0.4 is 5.32 Å². The van der Waals surface area contributed by atoms with Gasteiger partial charge in [0.1, 0.15) is 5.69 Å². The maximum absolute atomic E-state index is 11.7. The van der Waals surface area contributed by atoms with Gasteiger partial charge in [0.05, 0.1) is 5.75 Å². The van der Waals surface area contributed by atoms with E-state index in [2.05, 4.69) is 21.5 Å². The van der Waals surface area contributed by atoms with Crippen LogP contribution in [0.15, 0.2) is 41.6 Å². The van der Waals surface area contributed by atoms with Crippen LogP contribution in [0.4, 0.5) is 5.69 Å². The van der Waals surface area contributed by atoms with Crippen molar-refractivity contribution in [2.75, 3.05) is 11.1 Å². The minimum Gasteiger partial charge on any atom is -0.326 e. The fourth-order valence-corrected chi connectivity index (χ4v) is 2.66. The highest BCUT2D eigenvalue weighted by Gasteiger charge is 2.10. The number of amides is 1. The van der Waals surface area contributed by atoms with E-state index in [0.29, 0.717) is 5.69 Å². The number of hydrogen-bond acceptors (Lipinski definition) is 6. The molecule has 1 aromatic carbocycles. The van der Waals surface area contributed by atoms with Gasteiger partial charge >= 0.3 is 0 Å². The Morgan fingerprint density at radius 1 is 1.33 bits per heavy atom. The normalized spacial score (nSPS) is 11.0. The van der Waals surface area contributed by atoms with E-state index in [1.54, 1.807) is 12.1 Å². The van der Waals surface area contributed by atoms with Gasteiger partial charge in [0.2, 0.25) is 5.91 Å². The number of nitrogens with one attached hydrogen (secondary N) is 1. The van der Waals surface area contributed by atoms with Crippen LogP contribution in [0.5, 0.6) is 0 Å². The van der Waals surface area contributed by atoms with Crippen molar-refractivity contribution in [3.05, 3.63) is 41.6 Å². The van der Waals surface area contributed by atoms with Crippen molar-refractivity contribution in [1.82, 2.24) is 9.59 Å². The monoisotopic (exact) mass is 323 g/mol. The molecule has 0 bridgehead atoms. The summed E-state index contributed by atoms with van der Waals surface area (Å²) in [6.45, 7) is 3.20. The van der Waals surface area contributed by atoms with Gasteiger partial charge < -0.3 is 5.32 Å². The molecule has 0 aliphatic carbocycles. The van der Waals surface area contributed by atoms with Crippen LogP contribution in [0.25, 0.3) is 11.3 Å². The van der Waals surface area contributed by atoms with Gasteiger partial charge in [0.15, 0.2) is 9.84 Å². The highest BCUT2D eigenvalue weighted by atomic mass is 32.2. The SMILES string of the molecule is C=CS(=O)(=O)CCC(=O)Nc1ccc(-c2csnn2)cc1. The number of anilines is 1. The van der Waals surface area contributed by atoms with Crippen molar-refractivity contribution in [1.29, 1.82) is 0 Å². The minimum absolute atomic E-state index is 0.105. The molecule has 0 radical (unpaired) electrons. The Bertz CT molecular complexity index is 723. The molecular formula is C13H13N3O3S2. The lowest BCUT2D eigenvalue weighted by Gasteiger charge is -2.05. The topological polar surface area (TPSA) is 89.0 Å². The van der Waals surface area contributed by atoms with Crippen molar-refractivity contribution < 1.29 is 13.2 Å². The van der Waals surface area contributed by atoms with Crippen LogP contribution in [0, 0.1) is 0 Å². The molecule has 0 unspecified atom stereocenters. The summed E-state index contributed by atoms with van der Waals surface area (Å²) in [5, 5.41) is 9.27. The van der Waals surface area contributed by atoms with Crippen LogP contribution in [-0.2, 0) is 14.6 Å². The third-order valence-electron chi connectivity index (χ3n) is 2.69. The van der Waals surface area contributed by atoms with Crippen molar-refractivity contribution in [3.63, 3.8) is 0 Å². The van der Waals surface area contributed by atoms with Crippen molar-refractivity contribution in [2.24, 2.45) is 0 Å². The average Bonchev–Trinajstić information content (AvgIpc) is 3.00. The standard InChI is InChI=1S/C13H13N3O3S2/c1-2-21(18,19)8-7-13(17)14-11-5-3-10(4-6-11)12-9-20-16-15-12/h2-6,9H,1,7-8H2,(H,14,17). The van der Waals surface area contributed by atoms with Crippen LogP contribution in [0.2, 0.25) is 0 Å². The van der Waals surface area contributed by atoms with Gasteiger partial charge in [-0.15, -0.1) is 5.10 Å². The molecule has 0 atom stereocenters. The van der Waals surface area contributed by atoms with E-state index in [9.17, 15) is 13.2 Å². The number of aromatic nitrogens is 2. The van der Waals surface area contributed by atoms with Crippen LogP contribution >= 0.6 is 11.5 Å². The van der Waals surface area contributed by atoms with E-state index in [1.165, 1.54) is 11.5 Å². The van der Waals surface area contributed by atoms with E-state index >= 15 is 0 Å². The molecule has 0 spiro atoms.